The highest BCUT2D eigenvalue weighted by Gasteiger charge is 2.12. The van der Waals surface area contributed by atoms with E-state index in [0.29, 0.717) is 41.0 Å². The normalized spacial score (nSPS) is 10.5. The SMILES string of the molecule is COc1ccccc1OCCNC(=O)c1ccc(F)c2ccccc12. The van der Waals surface area contributed by atoms with E-state index in [4.69, 9.17) is 9.47 Å². The van der Waals surface area contributed by atoms with E-state index in [9.17, 15) is 9.18 Å². The summed E-state index contributed by atoms with van der Waals surface area (Å²) in [5, 5.41) is 3.81. The van der Waals surface area contributed by atoms with Crippen LogP contribution in [0.2, 0.25) is 0 Å². The molecule has 0 aromatic heterocycles. The molecule has 0 aliphatic heterocycles. The van der Waals surface area contributed by atoms with Crippen LogP contribution in [-0.2, 0) is 0 Å². The highest BCUT2D eigenvalue weighted by Crippen LogP contribution is 2.25. The maximum Gasteiger partial charge on any atom is 0.252 e. The minimum atomic E-state index is -0.341. The fourth-order valence-electron chi connectivity index (χ4n) is 2.62. The summed E-state index contributed by atoms with van der Waals surface area (Å²) in [6.45, 7) is 0.619. The summed E-state index contributed by atoms with van der Waals surface area (Å²) in [5.74, 6) is 0.649. The van der Waals surface area contributed by atoms with Crippen molar-refractivity contribution in [3.05, 3.63) is 72.0 Å². The first-order chi connectivity index (χ1) is 12.2. The molecule has 0 aliphatic carbocycles. The van der Waals surface area contributed by atoms with Crippen molar-refractivity contribution in [2.75, 3.05) is 20.3 Å². The van der Waals surface area contributed by atoms with Crippen LogP contribution in [0.15, 0.2) is 60.7 Å². The van der Waals surface area contributed by atoms with Crippen molar-refractivity contribution in [3.8, 4) is 11.5 Å². The van der Waals surface area contributed by atoms with Crippen LogP contribution in [-0.4, -0.2) is 26.2 Å². The molecule has 0 heterocycles. The van der Waals surface area contributed by atoms with Gasteiger partial charge in [0.25, 0.3) is 5.91 Å². The van der Waals surface area contributed by atoms with Gasteiger partial charge < -0.3 is 14.8 Å². The smallest absolute Gasteiger partial charge is 0.252 e. The second-order valence-electron chi connectivity index (χ2n) is 5.40. The lowest BCUT2D eigenvalue weighted by molar-refractivity contribution is 0.0948. The van der Waals surface area contributed by atoms with E-state index < -0.39 is 0 Å². The van der Waals surface area contributed by atoms with Crippen LogP contribution < -0.4 is 14.8 Å². The third-order valence-electron chi connectivity index (χ3n) is 3.83. The molecule has 0 atom stereocenters. The van der Waals surface area contributed by atoms with Gasteiger partial charge in [-0.3, -0.25) is 4.79 Å². The number of para-hydroxylation sites is 2. The van der Waals surface area contributed by atoms with Crippen LogP contribution in [0.1, 0.15) is 10.4 Å². The highest BCUT2D eigenvalue weighted by molar-refractivity contribution is 6.07. The monoisotopic (exact) mass is 339 g/mol. The molecule has 0 bridgehead atoms. The average Bonchev–Trinajstić information content (AvgIpc) is 2.66. The van der Waals surface area contributed by atoms with Gasteiger partial charge in [0, 0.05) is 10.9 Å². The van der Waals surface area contributed by atoms with Gasteiger partial charge in [-0.2, -0.15) is 0 Å². The number of nitrogens with one attached hydrogen (secondary N) is 1. The Morgan fingerprint density at radius 3 is 2.40 bits per heavy atom. The van der Waals surface area contributed by atoms with Crippen molar-refractivity contribution in [2.45, 2.75) is 0 Å². The Labute approximate surface area is 145 Å². The summed E-state index contributed by atoms with van der Waals surface area (Å²) in [7, 11) is 1.57. The second kappa shape index (κ2) is 7.66. The Morgan fingerprint density at radius 1 is 0.960 bits per heavy atom. The van der Waals surface area contributed by atoms with Gasteiger partial charge in [0.1, 0.15) is 12.4 Å². The largest absolute Gasteiger partial charge is 0.493 e. The fourth-order valence-corrected chi connectivity index (χ4v) is 2.62. The van der Waals surface area contributed by atoms with Gasteiger partial charge in [0.15, 0.2) is 11.5 Å². The molecule has 3 aromatic carbocycles. The summed E-state index contributed by atoms with van der Waals surface area (Å²) in [6.07, 6.45) is 0. The molecular weight excluding hydrogens is 321 g/mol. The van der Waals surface area contributed by atoms with Gasteiger partial charge in [0.05, 0.1) is 13.7 Å². The molecule has 25 heavy (non-hydrogen) atoms. The Kier molecular flexibility index (Phi) is 5.14. The van der Waals surface area contributed by atoms with Crippen LogP contribution in [0, 0.1) is 5.82 Å². The molecule has 1 N–H and O–H groups in total. The number of amides is 1. The maximum absolute atomic E-state index is 13.8. The number of fused-ring (bicyclic) bond motifs is 1. The lowest BCUT2D eigenvalue weighted by atomic mass is 10.0. The van der Waals surface area contributed by atoms with Crippen LogP contribution in [0.25, 0.3) is 10.8 Å². The fraction of sp³-hybridized carbons (Fsp3) is 0.150. The molecular formula is C20H18FNO3. The summed E-state index contributed by atoms with van der Waals surface area (Å²) in [6, 6.07) is 17.0. The molecule has 0 aliphatic rings. The van der Waals surface area contributed by atoms with Crippen molar-refractivity contribution in [2.24, 2.45) is 0 Å². The van der Waals surface area contributed by atoms with Gasteiger partial charge in [-0.05, 0) is 29.7 Å². The topological polar surface area (TPSA) is 47.6 Å². The molecule has 3 aromatic rings. The van der Waals surface area contributed by atoms with E-state index in [1.165, 1.54) is 12.1 Å². The van der Waals surface area contributed by atoms with Gasteiger partial charge >= 0.3 is 0 Å². The number of hydrogen-bond acceptors (Lipinski definition) is 3. The van der Waals surface area contributed by atoms with Crippen molar-refractivity contribution in [1.29, 1.82) is 0 Å². The Hall–Kier alpha value is -3.08. The number of hydrogen-bond donors (Lipinski definition) is 1. The van der Waals surface area contributed by atoms with Gasteiger partial charge in [-0.25, -0.2) is 4.39 Å². The van der Waals surface area contributed by atoms with Crippen LogP contribution >= 0.6 is 0 Å². The minimum absolute atomic E-state index is 0.264. The van der Waals surface area contributed by atoms with E-state index in [2.05, 4.69) is 5.32 Å². The molecule has 128 valence electrons. The van der Waals surface area contributed by atoms with E-state index in [0.717, 1.165) is 0 Å². The summed E-state index contributed by atoms with van der Waals surface area (Å²) in [5.41, 5.74) is 0.439. The summed E-state index contributed by atoms with van der Waals surface area (Å²) in [4.78, 5) is 12.4. The number of halogens is 1. The van der Waals surface area contributed by atoms with Crippen molar-refractivity contribution in [1.82, 2.24) is 5.32 Å². The lowest BCUT2D eigenvalue weighted by Gasteiger charge is -2.11. The Balaban J connectivity index is 1.63. The second-order valence-corrected chi connectivity index (χ2v) is 5.40. The zero-order valence-electron chi connectivity index (χ0n) is 13.8. The number of carbonyl (C=O) groups excluding carboxylic acids is 1. The first-order valence-electron chi connectivity index (χ1n) is 7.92. The average molecular weight is 339 g/mol. The maximum atomic E-state index is 13.8. The predicted molar refractivity (Wildman–Crippen MR) is 94.7 cm³/mol. The standard InChI is InChI=1S/C20H18FNO3/c1-24-18-8-4-5-9-19(18)25-13-12-22-20(23)16-10-11-17(21)15-7-3-2-6-14(15)16/h2-11H,12-13H2,1H3,(H,22,23). The molecule has 0 saturated heterocycles. The van der Waals surface area contributed by atoms with Crippen molar-refractivity contribution >= 4 is 16.7 Å². The van der Waals surface area contributed by atoms with Crippen molar-refractivity contribution < 1.29 is 18.7 Å². The molecule has 0 radical (unpaired) electrons. The molecule has 0 saturated carbocycles. The number of carbonyl (C=O) groups is 1. The lowest BCUT2D eigenvalue weighted by Crippen LogP contribution is -2.28. The Bertz CT molecular complexity index is 895. The molecule has 0 fully saturated rings. The number of methoxy groups -OCH3 is 1. The number of benzene rings is 3. The van der Waals surface area contributed by atoms with Crippen LogP contribution in [0.3, 0.4) is 0 Å². The quantitative estimate of drug-likeness (QED) is 0.695. The summed E-state index contributed by atoms with van der Waals surface area (Å²) >= 11 is 0. The third-order valence-corrected chi connectivity index (χ3v) is 3.83. The predicted octanol–water partition coefficient (Wildman–Crippen LogP) is 3.80. The van der Waals surface area contributed by atoms with Crippen molar-refractivity contribution in [3.63, 3.8) is 0 Å². The van der Waals surface area contributed by atoms with E-state index in [-0.39, 0.29) is 11.7 Å². The first kappa shape index (κ1) is 16.8. The zero-order chi connectivity index (χ0) is 17.6. The van der Waals surface area contributed by atoms with E-state index in [1.54, 1.807) is 43.5 Å². The summed E-state index contributed by atoms with van der Waals surface area (Å²) < 4.78 is 24.7. The third kappa shape index (κ3) is 3.71. The molecule has 1 amide bonds. The van der Waals surface area contributed by atoms with Gasteiger partial charge in [0.2, 0.25) is 0 Å². The van der Waals surface area contributed by atoms with E-state index in [1.807, 2.05) is 12.1 Å². The molecule has 4 nitrogen and oxygen atoms in total. The molecule has 3 rings (SSSR count). The number of ether oxygens (including phenoxy) is 2. The highest BCUT2D eigenvalue weighted by atomic mass is 19.1. The molecule has 0 spiro atoms. The first-order valence-corrected chi connectivity index (χ1v) is 7.92. The number of rotatable bonds is 6. The molecule has 0 unspecified atom stereocenters. The van der Waals surface area contributed by atoms with E-state index >= 15 is 0 Å². The zero-order valence-corrected chi connectivity index (χ0v) is 13.8. The minimum Gasteiger partial charge on any atom is -0.493 e. The van der Waals surface area contributed by atoms with Gasteiger partial charge in [-0.1, -0.05) is 36.4 Å². The van der Waals surface area contributed by atoms with Gasteiger partial charge in [-0.15, -0.1) is 0 Å². The van der Waals surface area contributed by atoms with Crippen LogP contribution in [0.4, 0.5) is 4.39 Å². The van der Waals surface area contributed by atoms with Crippen LogP contribution in [0.5, 0.6) is 11.5 Å². The molecule has 5 heteroatoms. The Morgan fingerprint density at radius 2 is 1.64 bits per heavy atom.